The van der Waals surface area contributed by atoms with E-state index in [1.807, 2.05) is 30.5 Å². The van der Waals surface area contributed by atoms with E-state index >= 15 is 0 Å². The van der Waals surface area contributed by atoms with E-state index in [1.165, 1.54) is 11.1 Å². The number of ether oxygens (including phenoxy) is 2. The van der Waals surface area contributed by atoms with Crippen molar-refractivity contribution in [3.8, 4) is 35.4 Å². The summed E-state index contributed by atoms with van der Waals surface area (Å²) in [5, 5.41) is 25.9. The number of aliphatic imine (C=N–C) groups is 1. The molecule has 2 aliphatic carbocycles. The van der Waals surface area contributed by atoms with Crippen molar-refractivity contribution >= 4 is 17.1 Å². The minimum Gasteiger partial charge on any atom is -0.437 e. The number of quaternary nitrogens is 1. The van der Waals surface area contributed by atoms with E-state index in [0.29, 0.717) is 37.3 Å². The first-order valence-corrected chi connectivity index (χ1v) is 20.4. The average Bonchev–Trinajstić information content (AvgIpc) is 3.93. The van der Waals surface area contributed by atoms with Gasteiger partial charge in [-0.1, -0.05) is 75.0 Å². The Bertz CT molecular complexity index is 2150. The fraction of sp³-hybridized carbons (Fsp3) is 0.478. The molecule has 9 nitrogen and oxygen atoms in total. The standard InChI is InChI=1S/C46H50N4O5/c1-2-3-4-7-30(51)23-31(52)11-8-28-9-17-40-41(22-28)55-45-37(46(20-21-54-40)18-5-6-19-46)15-16-39(53)33-13-14-34-42-29(24-49-44(34)47)10-12-32(43(33)42)35-25-48-38-27-50(45)26-36(35)38/h9,13-14,17,22,24-26,30,32,37,39,44-45,49,51,53H,2-8,10-12,18-19,23,27,47H2,1H3/p+1. The highest BCUT2D eigenvalue weighted by atomic mass is 16.5. The summed E-state index contributed by atoms with van der Waals surface area (Å²) < 4.78 is 13.3. The Morgan fingerprint density at radius 3 is 2.85 bits per heavy atom. The lowest BCUT2D eigenvalue weighted by molar-refractivity contribution is -0.888. The van der Waals surface area contributed by atoms with E-state index in [0.717, 1.165) is 102 Å². The number of nitrogens with zero attached hydrogens (tertiary/aromatic N) is 1. The van der Waals surface area contributed by atoms with Crippen molar-refractivity contribution in [2.75, 3.05) is 6.54 Å². The second-order valence-corrected chi connectivity index (χ2v) is 16.5. The van der Waals surface area contributed by atoms with E-state index in [9.17, 15) is 15.0 Å². The van der Waals surface area contributed by atoms with Crippen LogP contribution in [0.5, 0.6) is 11.5 Å². The zero-order valence-corrected chi connectivity index (χ0v) is 31.6. The number of unbranched alkanes of at least 4 members (excludes halogenated alkanes) is 2. The average molecular weight is 740 g/mol. The summed E-state index contributed by atoms with van der Waals surface area (Å²) in [5.74, 6) is 11.4. The number of aliphatic hydroxyl groups is 2. The molecule has 55 heavy (non-hydrogen) atoms. The van der Waals surface area contributed by atoms with Gasteiger partial charge in [-0.3, -0.25) is 14.7 Å². The number of aliphatic hydroxyl groups excluding tert-OH is 2. The van der Waals surface area contributed by atoms with Gasteiger partial charge < -0.3 is 30.7 Å². The number of hydrogen-bond donors (Lipinski definition) is 5. The van der Waals surface area contributed by atoms with Gasteiger partial charge in [0, 0.05) is 31.2 Å². The van der Waals surface area contributed by atoms with Crippen LogP contribution in [-0.2, 0) is 11.2 Å². The topological polar surface area (TPSA) is 131 Å². The van der Waals surface area contributed by atoms with Crippen LogP contribution in [-0.4, -0.2) is 40.6 Å². The molecule has 284 valence electrons. The molecule has 0 amide bonds. The molecule has 1 fully saturated rings. The Hall–Kier alpha value is -4.64. The lowest BCUT2D eigenvalue weighted by atomic mass is 9.70. The van der Waals surface area contributed by atoms with Crippen molar-refractivity contribution in [3.63, 3.8) is 0 Å². The fourth-order valence-electron chi connectivity index (χ4n) is 10.1. The number of nitrogens with two attached hydrogens (primary N) is 1. The molecule has 5 heterocycles. The van der Waals surface area contributed by atoms with Crippen LogP contribution in [0.15, 0.2) is 65.1 Å². The van der Waals surface area contributed by atoms with E-state index in [-0.39, 0.29) is 30.2 Å². The molecule has 1 saturated carbocycles. The van der Waals surface area contributed by atoms with E-state index < -0.39 is 23.9 Å². The number of aryl methyl sites for hydroxylation is 1. The van der Waals surface area contributed by atoms with Crippen molar-refractivity contribution in [2.24, 2.45) is 22.1 Å². The SMILES string of the molecule is CCCCCC(O)CC(=O)CCc1ccc2c(c1)OC1C(C#CC(O)c3ccc4c5c3C(CCC5=CNC4N)C3=CN=C4C[NH+]1C=C34)C1(C#CO2)CCCC1. The third-order valence-electron chi connectivity index (χ3n) is 13.0. The van der Waals surface area contributed by atoms with Crippen LogP contribution in [0.1, 0.15) is 130 Å². The summed E-state index contributed by atoms with van der Waals surface area (Å²) in [6.45, 7) is 2.77. The van der Waals surface area contributed by atoms with Crippen molar-refractivity contribution in [1.29, 1.82) is 0 Å². The van der Waals surface area contributed by atoms with Crippen LogP contribution >= 0.6 is 0 Å². The van der Waals surface area contributed by atoms with E-state index in [1.54, 1.807) is 0 Å². The molecule has 7 aliphatic rings. The maximum absolute atomic E-state index is 12.9. The van der Waals surface area contributed by atoms with Crippen LogP contribution in [0.3, 0.4) is 0 Å². The fourth-order valence-corrected chi connectivity index (χ4v) is 10.1. The van der Waals surface area contributed by atoms with Crippen molar-refractivity contribution in [1.82, 2.24) is 5.32 Å². The van der Waals surface area contributed by atoms with Crippen LogP contribution in [0.25, 0.3) is 5.57 Å². The lowest BCUT2D eigenvalue weighted by Gasteiger charge is -2.37. The lowest BCUT2D eigenvalue weighted by Crippen LogP contribution is -3.13. The first-order valence-electron chi connectivity index (χ1n) is 20.4. The molecule has 7 atom stereocenters. The number of fused-ring (bicyclic) bond motifs is 6. The van der Waals surface area contributed by atoms with E-state index in [4.69, 9.17) is 20.2 Å². The molecular formula is C46H51N4O5+. The minimum absolute atomic E-state index is 0.0382. The number of Topliss-reactive ketones (excluding diaryl/α,β-unsaturated/α-hetero) is 1. The summed E-state index contributed by atoms with van der Waals surface area (Å²) in [7, 11) is 0. The van der Waals surface area contributed by atoms with E-state index in [2.05, 4.69) is 54.6 Å². The molecule has 2 aromatic rings. The Balaban J connectivity index is 1.10. The summed E-state index contributed by atoms with van der Waals surface area (Å²) in [5.41, 5.74) is 15.7. The first-order chi connectivity index (χ1) is 26.8. The Labute approximate surface area is 323 Å². The zero-order valence-electron chi connectivity index (χ0n) is 31.6. The maximum atomic E-state index is 12.9. The van der Waals surface area contributed by atoms with Gasteiger partial charge >= 0.3 is 0 Å². The Kier molecular flexibility index (Phi) is 9.68. The predicted molar refractivity (Wildman–Crippen MR) is 210 cm³/mol. The number of ketones is 1. The molecule has 2 aromatic carbocycles. The van der Waals surface area contributed by atoms with Gasteiger partial charge in [0.1, 0.15) is 48.5 Å². The van der Waals surface area contributed by atoms with Gasteiger partial charge in [0.05, 0.1) is 17.1 Å². The quantitative estimate of drug-likeness (QED) is 0.172. The van der Waals surface area contributed by atoms with Crippen molar-refractivity contribution in [2.45, 2.75) is 121 Å². The Morgan fingerprint density at radius 1 is 1.15 bits per heavy atom. The highest BCUT2D eigenvalue weighted by molar-refractivity contribution is 6.08. The second-order valence-electron chi connectivity index (χ2n) is 16.5. The molecule has 5 aliphatic heterocycles. The van der Waals surface area contributed by atoms with Crippen molar-refractivity contribution < 1.29 is 29.4 Å². The third-order valence-corrected chi connectivity index (χ3v) is 13.0. The van der Waals surface area contributed by atoms with Crippen molar-refractivity contribution in [3.05, 3.63) is 87.9 Å². The molecule has 0 aromatic heterocycles. The maximum Gasteiger partial charge on any atom is 0.252 e. The monoisotopic (exact) mass is 739 g/mol. The first kappa shape index (κ1) is 36.0. The summed E-state index contributed by atoms with van der Waals surface area (Å²) in [6.07, 6.45) is 17.4. The highest BCUT2D eigenvalue weighted by Gasteiger charge is 2.52. The smallest absolute Gasteiger partial charge is 0.252 e. The molecule has 0 radical (unpaired) electrons. The van der Waals surface area contributed by atoms with Crippen LogP contribution in [0.2, 0.25) is 0 Å². The molecule has 7 unspecified atom stereocenters. The summed E-state index contributed by atoms with van der Waals surface area (Å²) in [6, 6.07) is 9.90. The van der Waals surface area contributed by atoms with Gasteiger partial charge in [0.25, 0.3) is 6.23 Å². The molecule has 9 heteroatoms. The van der Waals surface area contributed by atoms with Gasteiger partial charge in [-0.25, -0.2) is 0 Å². The van der Waals surface area contributed by atoms with Crippen LogP contribution in [0, 0.1) is 35.2 Å². The highest BCUT2D eigenvalue weighted by Crippen LogP contribution is 2.51. The third kappa shape index (κ3) is 6.62. The number of nitrogens with one attached hydrogen (secondary N) is 2. The number of rotatable bonds is 9. The second kappa shape index (κ2) is 14.8. The van der Waals surface area contributed by atoms with Gasteiger partial charge in [-0.05, 0) is 89.6 Å². The molecule has 1 spiro atoms. The molecule has 2 bridgehead atoms. The number of carbonyl (C=O) groups is 1. The predicted octanol–water partition coefficient (Wildman–Crippen LogP) is 5.40. The van der Waals surface area contributed by atoms with Crippen LogP contribution < -0.4 is 25.4 Å². The number of carbonyl (C=O) groups excluding carboxylic acids is 1. The largest absolute Gasteiger partial charge is 0.437 e. The zero-order chi connectivity index (χ0) is 37.7. The van der Waals surface area contributed by atoms with Gasteiger partial charge in [-0.2, -0.15) is 0 Å². The number of allylic oxidation sites excluding steroid dienone is 2. The van der Waals surface area contributed by atoms with Crippen LogP contribution in [0.4, 0.5) is 0 Å². The Morgan fingerprint density at radius 2 is 2.00 bits per heavy atom. The molecule has 6 N–H and O–H groups in total. The van der Waals surface area contributed by atoms with Gasteiger partial charge in [0.2, 0.25) is 0 Å². The normalized spacial score (nSPS) is 27.9. The summed E-state index contributed by atoms with van der Waals surface area (Å²) >= 11 is 0. The molecule has 9 rings (SSSR count). The van der Waals surface area contributed by atoms with Gasteiger partial charge in [0.15, 0.2) is 11.5 Å². The summed E-state index contributed by atoms with van der Waals surface area (Å²) in [4.78, 5) is 19.0. The number of benzene rings is 2. The molecule has 0 saturated heterocycles. The molecular weight excluding hydrogens is 689 g/mol. The minimum atomic E-state index is -1.02. The van der Waals surface area contributed by atoms with Gasteiger partial charge in [-0.15, -0.1) is 0 Å². The number of hydrogen-bond acceptors (Lipinski definition) is 8.